The second-order valence-corrected chi connectivity index (χ2v) is 5.10. The van der Waals surface area contributed by atoms with E-state index in [4.69, 9.17) is 14.2 Å². The summed E-state index contributed by atoms with van der Waals surface area (Å²) in [6.07, 6.45) is 1.55. The molecule has 0 aromatic heterocycles. The number of esters is 1. The smallest absolute Gasteiger partial charge is 0.377 e. The Labute approximate surface area is 126 Å². The minimum absolute atomic E-state index is 0.0106. The summed E-state index contributed by atoms with van der Waals surface area (Å²) in [5, 5.41) is 11.7. The molecule has 2 atom stereocenters. The molecule has 3 rings (SSSR count). The molecule has 7 heteroatoms. The van der Waals surface area contributed by atoms with Gasteiger partial charge in [0.25, 0.3) is 0 Å². The van der Waals surface area contributed by atoms with Crippen molar-refractivity contribution in [3.8, 4) is 11.5 Å². The molecule has 0 fully saturated rings. The van der Waals surface area contributed by atoms with E-state index in [1.54, 1.807) is 25.1 Å². The van der Waals surface area contributed by atoms with Crippen molar-refractivity contribution in [2.75, 3.05) is 13.7 Å². The molecule has 1 aliphatic carbocycles. The zero-order chi connectivity index (χ0) is 15.9. The standard InChI is InChI=1S/C15H15NO6/c1-3-21-14(17)10-7-8-15(16(18)19)12(10)9-5-4-6-11(20-2)13(9)22-15/h4-7,12H,3,8H2,1-2H3/t12-,15+/m1/s1. The second kappa shape index (κ2) is 5.01. The van der Waals surface area contributed by atoms with E-state index in [-0.39, 0.29) is 18.6 Å². The van der Waals surface area contributed by atoms with Crippen LogP contribution in [0.4, 0.5) is 0 Å². The van der Waals surface area contributed by atoms with E-state index in [0.717, 1.165) is 0 Å². The minimum atomic E-state index is -1.70. The first-order chi connectivity index (χ1) is 10.5. The molecular weight excluding hydrogens is 290 g/mol. The third-order valence-corrected chi connectivity index (χ3v) is 4.02. The summed E-state index contributed by atoms with van der Waals surface area (Å²) in [4.78, 5) is 23.3. The van der Waals surface area contributed by atoms with Gasteiger partial charge in [0.2, 0.25) is 0 Å². The van der Waals surface area contributed by atoms with Gasteiger partial charge in [0.1, 0.15) is 5.92 Å². The Morgan fingerprint density at radius 2 is 2.32 bits per heavy atom. The third-order valence-electron chi connectivity index (χ3n) is 4.02. The SMILES string of the molecule is CCOC(=O)C1=CC[C@]2([N+](=O)[O-])Oc3c(OC)cccc3[C@H]12. The van der Waals surface area contributed by atoms with E-state index in [9.17, 15) is 14.9 Å². The molecule has 0 saturated heterocycles. The summed E-state index contributed by atoms with van der Waals surface area (Å²) in [5.41, 5.74) is -0.850. The van der Waals surface area contributed by atoms with Crippen molar-refractivity contribution < 1.29 is 23.9 Å². The normalized spacial score (nSPS) is 24.8. The molecule has 7 nitrogen and oxygen atoms in total. The topological polar surface area (TPSA) is 87.9 Å². The van der Waals surface area contributed by atoms with Gasteiger partial charge in [-0.1, -0.05) is 18.2 Å². The number of methoxy groups -OCH3 is 1. The Bertz CT molecular complexity index is 683. The van der Waals surface area contributed by atoms with Crippen LogP contribution in [0.1, 0.15) is 24.8 Å². The highest BCUT2D eigenvalue weighted by molar-refractivity contribution is 5.92. The Morgan fingerprint density at radius 1 is 1.55 bits per heavy atom. The molecule has 1 aromatic rings. The Morgan fingerprint density at radius 3 is 2.95 bits per heavy atom. The molecule has 0 unspecified atom stereocenters. The van der Waals surface area contributed by atoms with Crippen LogP contribution < -0.4 is 9.47 Å². The number of fused-ring (bicyclic) bond motifs is 3. The first-order valence-corrected chi connectivity index (χ1v) is 6.92. The van der Waals surface area contributed by atoms with E-state index < -0.39 is 22.5 Å². The van der Waals surface area contributed by atoms with Crippen molar-refractivity contribution in [2.45, 2.75) is 25.0 Å². The van der Waals surface area contributed by atoms with Crippen LogP contribution in [0.2, 0.25) is 0 Å². The fourth-order valence-electron chi connectivity index (χ4n) is 3.09. The number of benzene rings is 1. The van der Waals surface area contributed by atoms with E-state index in [1.165, 1.54) is 13.2 Å². The van der Waals surface area contributed by atoms with E-state index in [1.807, 2.05) is 0 Å². The molecule has 116 valence electrons. The van der Waals surface area contributed by atoms with Gasteiger partial charge in [0, 0.05) is 5.56 Å². The summed E-state index contributed by atoms with van der Waals surface area (Å²) in [7, 11) is 1.47. The van der Waals surface area contributed by atoms with Gasteiger partial charge in [-0.15, -0.1) is 0 Å². The van der Waals surface area contributed by atoms with Gasteiger partial charge in [0.15, 0.2) is 11.5 Å². The van der Waals surface area contributed by atoms with Crippen molar-refractivity contribution >= 4 is 5.97 Å². The number of rotatable bonds is 4. The van der Waals surface area contributed by atoms with Gasteiger partial charge in [-0.2, -0.15) is 0 Å². The molecule has 0 bridgehead atoms. The largest absolute Gasteiger partial charge is 0.493 e. The molecule has 2 aliphatic rings. The highest BCUT2D eigenvalue weighted by Crippen LogP contribution is 2.56. The zero-order valence-electron chi connectivity index (χ0n) is 12.2. The number of nitro groups is 1. The van der Waals surface area contributed by atoms with E-state index in [2.05, 4.69) is 0 Å². The van der Waals surface area contributed by atoms with Crippen LogP contribution >= 0.6 is 0 Å². The number of carbonyl (C=O) groups excluding carboxylic acids is 1. The maximum Gasteiger partial charge on any atom is 0.377 e. The van der Waals surface area contributed by atoms with Crippen LogP contribution in [0, 0.1) is 10.1 Å². The predicted molar refractivity (Wildman–Crippen MR) is 75.4 cm³/mol. The van der Waals surface area contributed by atoms with Gasteiger partial charge in [-0.3, -0.25) is 10.1 Å². The third kappa shape index (κ3) is 1.78. The lowest BCUT2D eigenvalue weighted by Gasteiger charge is -2.20. The van der Waals surface area contributed by atoms with Gasteiger partial charge in [-0.05, 0) is 13.0 Å². The maximum atomic E-state index is 12.1. The Balaban J connectivity index is 2.12. The van der Waals surface area contributed by atoms with Crippen LogP contribution in [0.5, 0.6) is 11.5 Å². The number of ether oxygens (including phenoxy) is 3. The average molecular weight is 305 g/mol. The molecule has 0 saturated carbocycles. The molecule has 1 aromatic carbocycles. The van der Waals surface area contributed by atoms with Crippen LogP contribution in [0.25, 0.3) is 0 Å². The van der Waals surface area contributed by atoms with E-state index >= 15 is 0 Å². The number of hydrogen-bond donors (Lipinski definition) is 0. The lowest BCUT2D eigenvalue weighted by Crippen LogP contribution is -2.44. The first-order valence-electron chi connectivity index (χ1n) is 6.92. The van der Waals surface area contributed by atoms with Gasteiger partial charge < -0.3 is 14.2 Å². The Hall–Kier alpha value is -2.57. The average Bonchev–Trinajstić information content (AvgIpc) is 3.02. The van der Waals surface area contributed by atoms with E-state index in [0.29, 0.717) is 17.1 Å². The summed E-state index contributed by atoms with van der Waals surface area (Å²) < 4.78 is 15.9. The maximum absolute atomic E-state index is 12.1. The first kappa shape index (κ1) is 14.4. The summed E-state index contributed by atoms with van der Waals surface area (Å²) in [6, 6.07) is 5.10. The molecule has 1 heterocycles. The minimum Gasteiger partial charge on any atom is -0.493 e. The predicted octanol–water partition coefficient (Wildman–Crippen LogP) is 2.04. The summed E-state index contributed by atoms with van der Waals surface area (Å²) in [5.74, 6) is -0.597. The quantitative estimate of drug-likeness (QED) is 0.480. The number of para-hydroxylation sites is 1. The van der Waals surface area contributed by atoms with Crippen molar-refractivity contribution in [3.63, 3.8) is 0 Å². The molecule has 0 radical (unpaired) electrons. The van der Waals surface area contributed by atoms with Gasteiger partial charge >= 0.3 is 11.7 Å². The number of carbonyl (C=O) groups is 1. The van der Waals surface area contributed by atoms with Crippen LogP contribution in [0.3, 0.4) is 0 Å². The Kier molecular flexibility index (Phi) is 3.27. The molecule has 22 heavy (non-hydrogen) atoms. The fourth-order valence-corrected chi connectivity index (χ4v) is 3.09. The number of hydrogen-bond acceptors (Lipinski definition) is 6. The molecule has 0 amide bonds. The number of nitrogens with zero attached hydrogens (tertiary/aromatic N) is 1. The van der Waals surface area contributed by atoms with Gasteiger partial charge in [-0.25, -0.2) is 4.79 Å². The lowest BCUT2D eigenvalue weighted by molar-refractivity contribution is -0.613. The zero-order valence-corrected chi connectivity index (χ0v) is 12.2. The summed E-state index contributed by atoms with van der Waals surface area (Å²) in [6.45, 7) is 1.90. The van der Waals surface area contributed by atoms with Crippen molar-refractivity contribution in [2.24, 2.45) is 0 Å². The van der Waals surface area contributed by atoms with Crippen molar-refractivity contribution in [1.29, 1.82) is 0 Å². The fraction of sp³-hybridized carbons (Fsp3) is 0.400. The molecule has 0 N–H and O–H groups in total. The highest BCUT2D eigenvalue weighted by Gasteiger charge is 2.65. The molecule has 0 spiro atoms. The monoisotopic (exact) mass is 305 g/mol. The molecule has 1 aliphatic heterocycles. The molecular formula is C15H15NO6. The van der Waals surface area contributed by atoms with Crippen LogP contribution in [-0.2, 0) is 9.53 Å². The van der Waals surface area contributed by atoms with Crippen LogP contribution in [0.15, 0.2) is 29.8 Å². The highest BCUT2D eigenvalue weighted by atomic mass is 16.7. The summed E-state index contributed by atoms with van der Waals surface area (Å²) >= 11 is 0. The van der Waals surface area contributed by atoms with Crippen molar-refractivity contribution in [3.05, 3.63) is 45.5 Å². The van der Waals surface area contributed by atoms with Gasteiger partial charge in [0.05, 0.1) is 30.6 Å². The van der Waals surface area contributed by atoms with Crippen molar-refractivity contribution in [1.82, 2.24) is 0 Å². The second-order valence-electron chi connectivity index (χ2n) is 5.10. The lowest BCUT2D eigenvalue weighted by atomic mass is 9.88. The van der Waals surface area contributed by atoms with Crippen LogP contribution in [-0.4, -0.2) is 30.3 Å².